The summed E-state index contributed by atoms with van der Waals surface area (Å²) in [5, 5.41) is 34.8. The SMILES string of the molecule is CCC(C)n1ncc2nc(-c3cccnn3)nc(N[C@@H](c3cnc4ccccc4c3)C3CC3)c21.CCC(C)n1ncc2nc(Cl)nc(N[C@@H](c3cnc4ccccc4c3)C3CC3)c21.Cc1cccnn1.[I][V][I]. The van der Waals surface area contributed by atoms with Crippen LogP contribution in [0, 0.1) is 18.8 Å². The summed E-state index contributed by atoms with van der Waals surface area (Å²) in [5.74, 6) is 3.14. The number of hydrogen-bond acceptors (Lipinski definition) is 14. The van der Waals surface area contributed by atoms with Crippen molar-refractivity contribution in [3.05, 3.63) is 144 Å². The Morgan fingerprint density at radius 1 is 0.616 bits per heavy atom. The van der Waals surface area contributed by atoms with Gasteiger partial charge in [-0.2, -0.15) is 30.5 Å². The molecule has 2 aliphatic rings. The number of anilines is 2. The molecule has 0 saturated heterocycles. The summed E-state index contributed by atoms with van der Waals surface area (Å²) in [6, 6.07) is 29.1. The molecule has 16 nitrogen and oxygen atoms in total. The fraction of sp³-hybridized carbons (Fsp3) is 0.321. The van der Waals surface area contributed by atoms with Crippen LogP contribution in [-0.4, -0.2) is 69.9 Å². The predicted octanol–water partition coefficient (Wildman–Crippen LogP) is 13.5. The van der Waals surface area contributed by atoms with Crippen molar-refractivity contribution in [3.8, 4) is 11.5 Å². The summed E-state index contributed by atoms with van der Waals surface area (Å²) < 4.78 is 4.03. The minimum atomic E-state index is 0.102. The second kappa shape index (κ2) is 24.7. The van der Waals surface area contributed by atoms with E-state index in [0.29, 0.717) is 32.8 Å². The molecule has 4 atom stereocenters. The Bertz CT molecular complexity index is 3410. The van der Waals surface area contributed by atoms with Gasteiger partial charge in [0.15, 0.2) is 17.5 Å². The number of hydrogen-bond donors (Lipinski definition) is 2. The van der Waals surface area contributed by atoms with Gasteiger partial charge in [0.05, 0.1) is 41.2 Å². The number of nitrogens with one attached hydrogen (secondary N) is 2. The maximum absolute atomic E-state index is 6.24. The average molecular weight is 1260 g/mol. The van der Waals surface area contributed by atoms with Crippen molar-refractivity contribution in [1.82, 2.24) is 69.9 Å². The van der Waals surface area contributed by atoms with Gasteiger partial charge >= 0.3 is 49.4 Å². The van der Waals surface area contributed by atoms with Gasteiger partial charge in [-0.05, 0) is 142 Å². The molecule has 2 saturated carbocycles. The normalized spacial score (nSPS) is 14.7. The number of rotatable bonds is 13. The van der Waals surface area contributed by atoms with Gasteiger partial charge in [-0.25, -0.2) is 15.0 Å². The molecule has 2 fully saturated rings. The number of aryl methyl sites for hydroxylation is 1. The third-order valence-corrected chi connectivity index (χ3v) is 13.3. The van der Waals surface area contributed by atoms with E-state index in [-0.39, 0.29) is 29.5 Å². The fourth-order valence-electron chi connectivity index (χ4n) is 8.64. The van der Waals surface area contributed by atoms with Crippen LogP contribution < -0.4 is 10.6 Å². The summed E-state index contributed by atoms with van der Waals surface area (Å²) in [4.78, 5) is 28.0. The molecular formula is C53H55ClI2N16V. The second-order valence-corrected chi connectivity index (χ2v) is 30.4. The van der Waals surface area contributed by atoms with Crippen molar-refractivity contribution in [2.24, 2.45) is 11.8 Å². The number of fused-ring (bicyclic) bond motifs is 4. The van der Waals surface area contributed by atoms with Crippen LogP contribution in [0.3, 0.4) is 0 Å². The number of pyridine rings is 2. The predicted molar refractivity (Wildman–Crippen MR) is 303 cm³/mol. The van der Waals surface area contributed by atoms with E-state index in [0.717, 1.165) is 74.0 Å². The van der Waals surface area contributed by atoms with Crippen LogP contribution in [0.1, 0.15) is 107 Å². The van der Waals surface area contributed by atoms with Crippen LogP contribution in [0.4, 0.5) is 11.6 Å². The first kappa shape index (κ1) is 52.3. The van der Waals surface area contributed by atoms with Crippen molar-refractivity contribution >= 4 is 107 Å². The Morgan fingerprint density at radius 2 is 1.11 bits per heavy atom. The monoisotopic (exact) mass is 1260 g/mol. The van der Waals surface area contributed by atoms with E-state index in [1.54, 1.807) is 18.6 Å². The summed E-state index contributed by atoms with van der Waals surface area (Å²) in [5.41, 5.74) is 9.33. The summed E-state index contributed by atoms with van der Waals surface area (Å²) in [6.07, 6.45) is 17.5. The van der Waals surface area contributed by atoms with Crippen LogP contribution in [0.2, 0.25) is 5.28 Å². The van der Waals surface area contributed by atoms with Gasteiger partial charge in [0.25, 0.3) is 0 Å². The molecule has 8 heterocycles. The van der Waals surface area contributed by atoms with Crippen LogP contribution in [0.15, 0.2) is 122 Å². The van der Waals surface area contributed by atoms with E-state index >= 15 is 0 Å². The number of halogens is 3. The molecule has 12 rings (SSSR count). The third-order valence-electron chi connectivity index (χ3n) is 13.1. The zero-order valence-corrected chi connectivity index (χ0v) is 47.6. The van der Waals surface area contributed by atoms with Gasteiger partial charge in [-0.15, -0.1) is 5.10 Å². The van der Waals surface area contributed by atoms with E-state index in [1.165, 1.54) is 36.8 Å². The van der Waals surface area contributed by atoms with Crippen LogP contribution >= 0.6 is 51.6 Å². The molecule has 0 bridgehead atoms. The Balaban J connectivity index is 0.000000153. The first-order valence-electron chi connectivity index (χ1n) is 24.5. The Hall–Kier alpha value is -5.55. The average Bonchev–Trinajstić information content (AvgIpc) is 4.37. The van der Waals surface area contributed by atoms with Crippen molar-refractivity contribution < 1.29 is 9.47 Å². The number of para-hydroxylation sites is 2. The molecule has 73 heavy (non-hydrogen) atoms. The molecule has 2 aromatic carbocycles. The topological polar surface area (TPSA) is 189 Å². The zero-order valence-electron chi connectivity index (χ0n) is 41.1. The molecule has 0 radical (unpaired) electrons. The number of nitrogens with zero attached hydrogens (tertiary/aromatic N) is 14. The summed E-state index contributed by atoms with van der Waals surface area (Å²) in [6.45, 7) is 10.5. The molecular weight excluding hydrogens is 1200 g/mol. The quantitative estimate of drug-likeness (QED) is 0.0819. The second-order valence-electron chi connectivity index (χ2n) is 18.3. The van der Waals surface area contributed by atoms with Crippen LogP contribution in [-0.2, 0) is 9.47 Å². The van der Waals surface area contributed by atoms with Crippen LogP contribution in [0.25, 0.3) is 55.4 Å². The number of aromatic nitrogens is 14. The van der Waals surface area contributed by atoms with Gasteiger partial charge < -0.3 is 10.6 Å². The molecule has 20 heteroatoms. The first-order chi connectivity index (χ1) is 35.7. The van der Waals surface area contributed by atoms with E-state index in [4.69, 9.17) is 26.6 Å². The first-order valence-corrected chi connectivity index (χ1v) is 33.9. The van der Waals surface area contributed by atoms with Gasteiger partial charge in [0.1, 0.15) is 27.8 Å². The molecule has 2 N–H and O–H groups in total. The molecule has 0 amide bonds. The molecule has 0 aliphatic heterocycles. The number of benzene rings is 2. The molecule has 10 aromatic rings. The van der Waals surface area contributed by atoms with E-state index < -0.39 is 0 Å². The molecule has 373 valence electrons. The molecule has 0 spiro atoms. The van der Waals surface area contributed by atoms with Gasteiger partial charge in [0.2, 0.25) is 5.28 Å². The molecule has 8 aromatic heterocycles. The van der Waals surface area contributed by atoms with Gasteiger partial charge in [-0.1, -0.05) is 50.2 Å². The van der Waals surface area contributed by atoms with Crippen LogP contribution in [0.5, 0.6) is 0 Å². The van der Waals surface area contributed by atoms with Gasteiger partial charge in [0, 0.05) is 47.6 Å². The Morgan fingerprint density at radius 3 is 1.56 bits per heavy atom. The summed E-state index contributed by atoms with van der Waals surface area (Å²) in [7, 11) is 0.628. The summed E-state index contributed by atoms with van der Waals surface area (Å²) >= 11 is 11.0. The van der Waals surface area contributed by atoms with E-state index in [9.17, 15) is 0 Å². The Kier molecular flexibility index (Phi) is 17.7. The van der Waals surface area contributed by atoms with Crippen molar-refractivity contribution in [2.75, 3.05) is 10.6 Å². The molecule has 2 unspecified atom stereocenters. The Labute approximate surface area is 458 Å². The fourth-order valence-corrected chi connectivity index (χ4v) is 8.82. The van der Waals surface area contributed by atoms with E-state index in [2.05, 4.69) is 154 Å². The van der Waals surface area contributed by atoms with Gasteiger partial charge in [-0.3, -0.25) is 19.3 Å². The standard InChI is InChI=1S/C26H26N8.C22H23ClN6.C5H6N2.2HI.V/c1-3-16(2)34-24-22(15-29-34)30-25(21-9-6-12-28-33-21)32-26(24)31-23(17-10-11-17)19-13-18-7-4-5-8-20(18)27-14-19;1-3-13(2)29-20-18(12-25-29)26-22(23)28-21(20)27-19(14-8-9-14)16-10-15-6-4-5-7-17(15)24-11-16;1-5-3-2-4-6-7-5;;;/h4-9,12-17,23H,3,10-11H2,1-2H3,(H,30,31,32);4-7,10-14,19H,3,8-9H2,1-2H3,(H,26,27,28);2-4H,1H3;2*1H;/q;;;;;+2/p-2/t16?,23-;13?,19-;;;;/m11..../s1. The molecule has 2 aliphatic carbocycles. The van der Waals surface area contributed by atoms with Crippen molar-refractivity contribution in [3.63, 3.8) is 0 Å². The minimum absolute atomic E-state index is 0.102. The van der Waals surface area contributed by atoms with Crippen molar-refractivity contribution in [1.29, 1.82) is 0 Å². The van der Waals surface area contributed by atoms with E-state index in [1.807, 2.05) is 89.5 Å². The third kappa shape index (κ3) is 12.9. The zero-order chi connectivity index (χ0) is 50.8. The van der Waals surface area contributed by atoms with Crippen molar-refractivity contribution in [2.45, 2.75) is 97.3 Å². The maximum atomic E-state index is 6.24.